The molecule has 9 heteroatoms. The fourth-order valence-electron chi connectivity index (χ4n) is 3.76. The molecule has 0 aliphatic carbocycles. The predicted molar refractivity (Wildman–Crippen MR) is 140 cm³/mol. The quantitative estimate of drug-likeness (QED) is 0.273. The molecule has 178 valence electrons. The first-order valence-electron chi connectivity index (χ1n) is 11.0. The average Bonchev–Trinajstić information content (AvgIpc) is 2.76. The summed E-state index contributed by atoms with van der Waals surface area (Å²) in [5.74, 6) is 0.760. The molecule has 1 unspecified atom stereocenters. The standard InChI is InChI=1S/C22H39N5O2S.HI/c1-6-20-9-7-8-15-27(20)16-14-24-22(23-4)25-17-19-10-12-21(13-11-19)30(28,29)26(5)18(2)3;/h10-13,18,20H,6-9,14-17H2,1-5H3,(H2,23,24,25);1H. The van der Waals surface area contributed by atoms with Crippen molar-refractivity contribution >= 4 is 40.0 Å². The normalized spacial score (nSPS) is 18.2. The topological polar surface area (TPSA) is 77.0 Å². The van der Waals surface area contributed by atoms with Crippen LogP contribution in [0.15, 0.2) is 34.2 Å². The molecule has 1 atom stereocenters. The zero-order valence-corrected chi connectivity index (χ0v) is 22.7. The molecule has 0 saturated carbocycles. The van der Waals surface area contributed by atoms with Crippen molar-refractivity contribution in [1.29, 1.82) is 0 Å². The molecule has 2 N–H and O–H groups in total. The molecule has 1 aliphatic rings. The molecule has 0 aromatic heterocycles. The zero-order valence-electron chi connectivity index (χ0n) is 19.6. The summed E-state index contributed by atoms with van der Waals surface area (Å²) in [5, 5.41) is 6.70. The second-order valence-corrected chi connectivity index (χ2v) is 10.2. The maximum atomic E-state index is 12.6. The van der Waals surface area contributed by atoms with E-state index >= 15 is 0 Å². The second-order valence-electron chi connectivity index (χ2n) is 8.21. The van der Waals surface area contributed by atoms with Gasteiger partial charge in [-0.15, -0.1) is 24.0 Å². The first-order valence-corrected chi connectivity index (χ1v) is 12.5. The molecular formula is C22H40IN5O2S. The number of guanidine groups is 1. The van der Waals surface area contributed by atoms with Crippen LogP contribution in [0.5, 0.6) is 0 Å². The predicted octanol–water partition coefficient (Wildman–Crippen LogP) is 3.26. The van der Waals surface area contributed by atoms with E-state index in [4.69, 9.17) is 0 Å². The van der Waals surface area contributed by atoms with E-state index in [1.807, 2.05) is 26.0 Å². The Kier molecular flexibility index (Phi) is 12.3. The number of piperidine rings is 1. The number of hydrogen-bond donors (Lipinski definition) is 2. The molecule has 7 nitrogen and oxygen atoms in total. The molecule has 1 aliphatic heterocycles. The number of sulfonamides is 1. The van der Waals surface area contributed by atoms with E-state index in [0.29, 0.717) is 17.5 Å². The van der Waals surface area contributed by atoms with E-state index < -0.39 is 10.0 Å². The van der Waals surface area contributed by atoms with Crippen LogP contribution in [0.3, 0.4) is 0 Å². The molecule has 0 radical (unpaired) electrons. The largest absolute Gasteiger partial charge is 0.355 e. The smallest absolute Gasteiger partial charge is 0.243 e. The molecule has 0 amide bonds. The molecule has 0 spiro atoms. The summed E-state index contributed by atoms with van der Waals surface area (Å²) in [6.45, 7) is 9.65. The van der Waals surface area contributed by atoms with Crippen molar-refractivity contribution in [2.75, 3.05) is 33.7 Å². The number of nitrogens with zero attached hydrogens (tertiary/aromatic N) is 3. The van der Waals surface area contributed by atoms with Gasteiger partial charge in [0.25, 0.3) is 0 Å². The SMILES string of the molecule is CCC1CCCCN1CCNC(=NC)NCc1ccc(S(=O)(=O)N(C)C(C)C)cc1.I. The summed E-state index contributed by atoms with van der Waals surface area (Å²) in [5.41, 5.74) is 1.01. The Balaban J connectivity index is 0.00000480. The molecule has 1 saturated heterocycles. The van der Waals surface area contributed by atoms with Crippen molar-refractivity contribution in [2.24, 2.45) is 4.99 Å². The number of aliphatic imine (C=N–C) groups is 1. The van der Waals surface area contributed by atoms with Crippen LogP contribution in [-0.4, -0.2) is 69.4 Å². The van der Waals surface area contributed by atoms with Gasteiger partial charge in [0.2, 0.25) is 10.0 Å². The first kappa shape index (κ1) is 28.1. The highest BCUT2D eigenvalue weighted by Gasteiger charge is 2.23. The summed E-state index contributed by atoms with van der Waals surface area (Å²) in [6, 6.07) is 7.66. The Hall–Kier alpha value is -0.910. The van der Waals surface area contributed by atoms with Gasteiger partial charge in [-0.05, 0) is 57.4 Å². The van der Waals surface area contributed by atoms with Crippen LogP contribution in [0.4, 0.5) is 0 Å². The minimum Gasteiger partial charge on any atom is -0.355 e. The van der Waals surface area contributed by atoms with Crippen molar-refractivity contribution in [3.05, 3.63) is 29.8 Å². The number of nitrogens with one attached hydrogen (secondary N) is 2. The number of rotatable bonds is 9. The van der Waals surface area contributed by atoms with Crippen molar-refractivity contribution < 1.29 is 8.42 Å². The number of likely N-dealkylation sites (tertiary alicyclic amines) is 1. The minimum atomic E-state index is -3.45. The second kappa shape index (κ2) is 13.6. The van der Waals surface area contributed by atoms with Gasteiger partial charge >= 0.3 is 0 Å². The fourth-order valence-corrected chi connectivity index (χ4v) is 5.13. The summed E-state index contributed by atoms with van der Waals surface area (Å²) < 4.78 is 26.5. The Bertz CT molecular complexity index is 784. The van der Waals surface area contributed by atoms with Gasteiger partial charge in [-0.2, -0.15) is 4.31 Å². The van der Waals surface area contributed by atoms with E-state index in [-0.39, 0.29) is 30.0 Å². The summed E-state index contributed by atoms with van der Waals surface area (Å²) in [7, 11) is -0.0731. The highest BCUT2D eigenvalue weighted by molar-refractivity contribution is 14.0. The van der Waals surface area contributed by atoms with Gasteiger partial charge in [-0.25, -0.2) is 8.42 Å². The molecule has 31 heavy (non-hydrogen) atoms. The molecule has 2 rings (SSSR count). The van der Waals surface area contributed by atoms with Crippen molar-refractivity contribution in [3.8, 4) is 0 Å². The molecular weight excluding hydrogens is 525 g/mol. The number of halogens is 1. The van der Waals surface area contributed by atoms with Crippen LogP contribution in [0, 0.1) is 0 Å². The molecule has 1 aromatic rings. The lowest BCUT2D eigenvalue weighted by Gasteiger charge is -2.35. The Morgan fingerprint density at radius 1 is 1.23 bits per heavy atom. The fraction of sp³-hybridized carbons (Fsp3) is 0.682. The van der Waals surface area contributed by atoms with Crippen LogP contribution in [-0.2, 0) is 16.6 Å². The molecule has 1 aromatic carbocycles. The lowest BCUT2D eigenvalue weighted by molar-refractivity contribution is 0.147. The van der Waals surface area contributed by atoms with Crippen LogP contribution < -0.4 is 10.6 Å². The summed E-state index contributed by atoms with van der Waals surface area (Å²) in [6.07, 6.45) is 5.16. The van der Waals surface area contributed by atoms with Gasteiger partial charge in [-0.1, -0.05) is 25.5 Å². The first-order chi connectivity index (χ1) is 14.3. The van der Waals surface area contributed by atoms with Crippen molar-refractivity contribution in [1.82, 2.24) is 19.8 Å². The van der Waals surface area contributed by atoms with Gasteiger partial charge in [0.05, 0.1) is 4.90 Å². The van der Waals surface area contributed by atoms with Gasteiger partial charge < -0.3 is 10.6 Å². The van der Waals surface area contributed by atoms with Gasteiger partial charge in [0, 0.05) is 45.8 Å². The highest BCUT2D eigenvalue weighted by Crippen LogP contribution is 2.19. The summed E-state index contributed by atoms with van der Waals surface area (Å²) in [4.78, 5) is 7.19. The number of hydrogen-bond acceptors (Lipinski definition) is 4. The van der Waals surface area contributed by atoms with Gasteiger partial charge in [-0.3, -0.25) is 9.89 Å². The van der Waals surface area contributed by atoms with E-state index in [1.165, 1.54) is 36.5 Å². The maximum absolute atomic E-state index is 12.6. The van der Waals surface area contributed by atoms with E-state index in [2.05, 4.69) is 27.4 Å². The average molecular weight is 566 g/mol. The van der Waals surface area contributed by atoms with Gasteiger partial charge in [0.1, 0.15) is 0 Å². The highest BCUT2D eigenvalue weighted by atomic mass is 127. The number of benzene rings is 1. The van der Waals surface area contributed by atoms with Crippen LogP contribution in [0.2, 0.25) is 0 Å². The van der Waals surface area contributed by atoms with Crippen molar-refractivity contribution in [3.63, 3.8) is 0 Å². The van der Waals surface area contributed by atoms with E-state index in [0.717, 1.165) is 24.6 Å². The van der Waals surface area contributed by atoms with Crippen LogP contribution >= 0.6 is 24.0 Å². The molecule has 1 fully saturated rings. The van der Waals surface area contributed by atoms with Crippen LogP contribution in [0.25, 0.3) is 0 Å². The Labute approximate surface area is 206 Å². The third kappa shape index (κ3) is 8.18. The summed E-state index contributed by atoms with van der Waals surface area (Å²) >= 11 is 0. The molecule has 0 bridgehead atoms. The van der Waals surface area contributed by atoms with Crippen molar-refractivity contribution in [2.45, 2.75) is 70.0 Å². The lowest BCUT2D eigenvalue weighted by atomic mass is 10.0. The zero-order chi connectivity index (χ0) is 22.1. The monoisotopic (exact) mass is 565 g/mol. The van der Waals surface area contributed by atoms with E-state index in [1.54, 1.807) is 26.2 Å². The maximum Gasteiger partial charge on any atom is 0.243 e. The van der Waals surface area contributed by atoms with Crippen LogP contribution in [0.1, 0.15) is 52.0 Å². The van der Waals surface area contributed by atoms with E-state index in [9.17, 15) is 8.42 Å². The van der Waals surface area contributed by atoms with Gasteiger partial charge in [0.15, 0.2) is 5.96 Å². The lowest BCUT2D eigenvalue weighted by Crippen LogP contribution is -2.45. The Morgan fingerprint density at radius 2 is 1.90 bits per heavy atom. The third-order valence-corrected chi connectivity index (χ3v) is 7.97. The third-order valence-electron chi connectivity index (χ3n) is 5.92. The minimum absolute atomic E-state index is 0. The molecule has 1 heterocycles. The Morgan fingerprint density at radius 3 is 2.48 bits per heavy atom.